The molecule has 324 valence electrons. The number of rotatable bonds is 8. The lowest BCUT2D eigenvalue weighted by atomic mass is 9.51. The molecule has 6 unspecified atom stereocenters. The number of fused-ring (bicyclic) bond motifs is 5. The number of carbonyl (C=O) groups is 4. The van der Waals surface area contributed by atoms with E-state index in [1.807, 2.05) is 74.5 Å². The van der Waals surface area contributed by atoms with Gasteiger partial charge in [-0.1, -0.05) is 23.3 Å². The molecular formula is C49H44ClN7O6S. The number of thiophene rings is 1. The molecule has 10 rings (SSSR count). The van der Waals surface area contributed by atoms with Crippen molar-refractivity contribution >= 4 is 85.2 Å². The lowest BCUT2D eigenvalue weighted by Gasteiger charge is -2.49. The number of ether oxygens (including phenoxy) is 1. The molecule has 15 heteroatoms. The van der Waals surface area contributed by atoms with Crippen molar-refractivity contribution in [3.8, 4) is 22.1 Å². The van der Waals surface area contributed by atoms with Gasteiger partial charge in [-0.15, -0.1) is 11.3 Å². The van der Waals surface area contributed by atoms with Gasteiger partial charge in [-0.05, 0) is 128 Å². The quantitative estimate of drug-likeness (QED) is 0.0902. The predicted molar refractivity (Wildman–Crippen MR) is 247 cm³/mol. The fraction of sp³-hybridized carbons (Fsp3) is 0.286. The van der Waals surface area contributed by atoms with Crippen LogP contribution in [0.1, 0.15) is 36.8 Å². The third kappa shape index (κ3) is 6.28. The van der Waals surface area contributed by atoms with Crippen LogP contribution in [-0.2, 0) is 26.2 Å². The van der Waals surface area contributed by atoms with Gasteiger partial charge in [0.15, 0.2) is 0 Å². The van der Waals surface area contributed by atoms with Gasteiger partial charge < -0.3 is 14.7 Å². The van der Waals surface area contributed by atoms with Crippen LogP contribution in [0.3, 0.4) is 0 Å². The summed E-state index contributed by atoms with van der Waals surface area (Å²) in [6.07, 6.45) is 2.35. The number of phenolic OH excluding ortho intramolecular Hbond substituents is 1. The van der Waals surface area contributed by atoms with E-state index in [1.165, 1.54) is 23.0 Å². The fourth-order valence-corrected chi connectivity index (χ4v) is 11.9. The lowest BCUT2D eigenvalue weighted by Crippen LogP contribution is -2.49. The summed E-state index contributed by atoms with van der Waals surface area (Å²) in [5.74, 6) is -4.71. The minimum absolute atomic E-state index is 0.0745. The SMILES string of the molecule is COc1ccc(O)c(C2C3=CCC4C(=O)N(c5ccc(N=Nc6ccc(N(C)C)cc6)cc5)C(=O)C4C3CC3C(=O)N(c4cc(-c5sc6ccc(Cl)cc6c5C)nn4C)C(=O)C32C)c1. The summed E-state index contributed by atoms with van der Waals surface area (Å²) < 4.78 is 8.19. The standard InChI is InChI=1S/C49H44ClN7O6S/c1-25-34-21-26(50)7-20-40(34)64-44(25)38-24-41(55(5)53-38)57-46(60)37-23-35-32(43(49(37,2)48(57)62)36-22-31(63-6)16-19-39(36)58)17-18-33-42(35)47(61)56(45(33)59)30-14-10-28(11-15-30)52-51-27-8-12-29(13-9-27)54(3)4/h7-17,19-22,24,33,35,37,42-43,58H,18,23H2,1-6H3. The van der Waals surface area contributed by atoms with Crippen molar-refractivity contribution in [1.29, 1.82) is 0 Å². The van der Waals surface area contributed by atoms with Crippen molar-refractivity contribution in [1.82, 2.24) is 9.78 Å². The molecule has 6 atom stereocenters. The Bertz CT molecular complexity index is 3010. The number of imide groups is 2. The highest BCUT2D eigenvalue weighted by molar-refractivity contribution is 7.22. The maximum absolute atomic E-state index is 15.3. The summed E-state index contributed by atoms with van der Waals surface area (Å²) in [6.45, 7) is 3.78. The monoisotopic (exact) mass is 893 g/mol. The zero-order valence-corrected chi connectivity index (χ0v) is 37.5. The molecule has 64 heavy (non-hydrogen) atoms. The molecule has 2 saturated heterocycles. The lowest BCUT2D eigenvalue weighted by molar-refractivity contribution is -0.131. The van der Waals surface area contributed by atoms with Gasteiger partial charge in [0, 0.05) is 54.1 Å². The first-order valence-corrected chi connectivity index (χ1v) is 22.2. The number of hydrogen-bond donors (Lipinski definition) is 1. The van der Waals surface area contributed by atoms with Crippen LogP contribution in [0.5, 0.6) is 11.5 Å². The number of halogens is 1. The van der Waals surface area contributed by atoms with Crippen molar-refractivity contribution in [2.24, 2.45) is 46.4 Å². The predicted octanol–water partition coefficient (Wildman–Crippen LogP) is 9.89. The summed E-state index contributed by atoms with van der Waals surface area (Å²) in [7, 11) is 7.15. The highest BCUT2D eigenvalue weighted by atomic mass is 35.5. The van der Waals surface area contributed by atoms with E-state index in [9.17, 15) is 14.7 Å². The van der Waals surface area contributed by atoms with Crippen molar-refractivity contribution in [2.75, 3.05) is 35.9 Å². The van der Waals surface area contributed by atoms with Crippen molar-refractivity contribution < 1.29 is 29.0 Å². The number of aromatic nitrogens is 2. The molecule has 4 aromatic carbocycles. The first-order valence-electron chi connectivity index (χ1n) is 21.0. The van der Waals surface area contributed by atoms with Crippen LogP contribution in [0.25, 0.3) is 20.7 Å². The number of phenols is 1. The summed E-state index contributed by atoms with van der Waals surface area (Å²) in [5, 5.41) is 26.7. The molecule has 0 spiro atoms. The van der Waals surface area contributed by atoms with Crippen molar-refractivity contribution in [2.45, 2.75) is 32.6 Å². The Balaban J connectivity index is 1.00. The van der Waals surface area contributed by atoms with Gasteiger partial charge in [0.1, 0.15) is 23.0 Å². The zero-order valence-electron chi connectivity index (χ0n) is 35.9. The molecule has 0 radical (unpaired) electrons. The molecule has 4 aliphatic rings. The molecule has 3 fully saturated rings. The number of hydrogen-bond acceptors (Lipinski definition) is 11. The van der Waals surface area contributed by atoms with Gasteiger partial charge in [-0.2, -0.15) is 15.3 Å². The summed E-state index contributed by atoms with van der Waals surface area (Å²) >= 11 is 7.90. The van der Waals surface area contributed by atoms with Gasteiger partial charge in [-0.25, -0.2) is 4.90 Å². The number of methoxy groups -OCH3 is 1. The molecule has 2 aliphatic heterocycles. The molecule has 1 N–H and O–H groups in total. The molecule has 6 aromatic rings. The highest BCUT2D eigenvalue weighted by Gasteiger charge is 2.68. The number of allylic oxidation sites excluding steroid dienone is 2. The zero-order chi connectivity index (χ0) is 44.9. The van der Waals surface area contributed by atoms with Crippen LogP contribution in [0, 0.1) is 36.0 Å². The Morgan fingerprint density at radius 1 is 0.875 bits per heavy atom. The number of nitrogens with zero attached hydrogens (tertiary/aromatic N) is 7. The van der Waals surface area contributed by atoms with Crippen molar-refractivity contribution in [3.05, 3.63) is 119 Å². The molecule has 4 heterocycles. The summed E-state index contributed by atoms with van der Waals surface area (Å²) in [4.78, 5) is 64.8. The highest BCUT2D eigenvalue weighted by Crippen LogP contribution is 2.65. The third-order valence-electron chi connectivity index (χ3n) is 13.8. The Kier molecular flexibility index (Phi) is 9.87. The average molecular weight is 894 g/mol. The fourth-order valence-electron chi connectivity index (χ4n) is 10.5. The number of amides is 4. The van der Waals surface area contributed by atoms with E-state index < -0.39 is 46.8 Å². The number of benzene rings is 4. The van der Waals surface area contributed by atoms with E-state index in [4.69, 9.17) is 21.4 Å². The molecule has 4 amide bonds. The smallest absolute Gasteiger partial charge is 0.242 e. The Morgan fingerprint density at radius 2 is 1.58 bits per heavy atom. The molecule has 1 saturated carbocycles. The Labute approximate surface area is 378 Å². The first-order chi connectivity index (χ1) is 30.7. The number of aryl methyl sites for hydroxylation is 2. The summed E-state index contributed by atoms with van der Waals surface area (Å²) in [6, 6.07) is 26.8. The van der Waals surface area contributed by atoms with Crippen molar-refractivity contribution in [3.63, 3.8) is 0 Å². The topological polar surface area (TPSA) is 150 Å². The number of azo groups is 1. The minimum Gasteiger partial charge on any atom is -0.508 e. The van der Waals surface area contributed by atoms with Gasteiger partial charge in [0.05, 0.1) is 52.2 Å². The molecule has 13 nitrogen and oxygen atoms in total. The van der Waals surface area contributed by atoms with Gasteiger partial charge in [0.25, 0.3) is 0 Å². The van der Waals surface area contributed by atoms with E-state index in [1.54, 1.807) is 72.5 Å². The minimum atomic E-state index is -1.39. The van der Waals surface area contributed by atoms with Crippen LogP contribution >= 0.6 is 22.9 Å². The van der Waals surface area contributed by atoms with Crippen LogP contribution in [-0.4, -0.2) is 59.7 Å². The van der Waals surface area contributed by atoms with Gasteiger partial charge in [-0.3, -0.25) is 28.8 Å². The largest absolute Gasteiger partial charge is 0.508 e. The summed E-state index contributed by atoms with van der Waals surface area (Å²) in [5.41, 5.74) is 4.02. The van der Waals surface area contributed by atoms with E-state index in [0.717, 1.165) is 31.8 Å². The maximum Gasteiger partial charge on any atom is 0.242 e. The Hall–Kier alpha value is -6.64. The van der Waals surface area contributed by atoms with E-state index in [0.29, 0.717) is 44.9 Å². The van der Waals surface area contributed by atoms with Gasteiger partial charge >= 0.3 is 0 Å². The molecule has 2 aromatic heterocycles. The van der Waals surface area contributed by atoms with Gasteiger partial charge in [0.2, 0.25) is 23.6 Å². The Morgan fingerprint density at radius 3 is 2.27 bits per heavy atom. The molecule has 0 bridgehead atoms. The van der Waals surface area contributed by atoms with E-state index in [2.05, 4.69) is 10.2 Å². The van der Waals surface area contributed by atoms with Crippen LogP contribution in [0.2, 0.25) is 5.02 Å². The number of anilines is 3. The van der Waals surface area contributed by atoms with Crippen LogP contribution < -0.4 is 19.4 Å². The van der Waals surface area contributed by atoms with E-state index in [-0.39, 0.29) is 30.4 Å². The number of carbonyl (C=O) groups excluding carboxylic acids is 4. The molecular weight excluding hydrogens is 850 g/mol. The normalized spacial score (nSPS) is 24.1. The second-order valence-corrected chi connectivity index (χ2v) is 18.9. The number of aromatic hydroxyl groups is 1. The maximum atomic E-state index is 15.3. The van der Waals surface area contributed by atoms with Crippen LogP contribution in [0.15, 0.2) is 113 Å². The van der Waals surface area contributed by atoms with E-state index >= 15 is 9.59 Å². The van der Waals surface area contributed by atoms with Crippen LogP contribution in [0.4, 0.5) is 28.6 Å². The molecule has 2 aliphatic carbocycles. The second-order valence-electron chi connectivity index (χ2n) is 17.4. The third-order valence-corrected chi connectivity index (χ3v) is 15.3. The second kappa shape index (κ2) is 15.3. The first kappa shape index (κ1) is 41.4. The average Bonchev–Trinajstić information content (AvgIpc) is 3.96.